The van der Waals surface area contributed by atoms with Crippen molar-refractivity contribution in [2.45, 2.75) is 0 Å². The van der Waals surface area contributed by atoms with Gasteiger partial charge in [0.2, 0.25) is 5.78 Å². The number of carbonyl (C=O) groups is 2. The maximum atomic E-state index is 11.1. The number of carbonyl (C=O) groups excluding carboxylic acids is 2. The first-order valence-electron chi connectivity index (χ1n) is 4.08. The molecule has 5 nitrogen and oxygen atoms in total. The van der Waals surface area contributed by atoms with Crippen molar-refractivity contribution in [3.05, 3.63) is 23.8 Å². The lowest BCUT2D eigenvalue weighted by Gasteiger charge is -2.09. The fraction of sp³-hybridized carbons (Fsp3) is 0.200. The molecule has 5 heteroatoms. The predicted molar refractivity (Wildman–Crippen MR) is 48.9 cm³/mol. The van der Waals surface area contributed by atoms with E-state index in [2.05, 4.69) is 0 Å². The number of Topliss-reactive ketones (excluding diaryl/α,β-unsaturated/α-hetero) is 1. The van der Waals surface area contributed by atoms with Gasteiger partial charge in [-0.25, -0.2) is 0 Å². The van der Waals surface area contributed by atoms with Gasteiger partial charge in [0.25, 0.3) is 0 Å². The molecule has 80 valence electrons. The minimum absolute atomic E-state index is 0.00681. The van der Waals surface area contributed by atoms with E-state index in [0.29, 0.717) is 11.5 Å². The van der Waals surface area contributed by atoms with E-state index in [1.165, 1.54) is 32.4 Å². The predicted octanol–water partition coefficient (Wildman–Crippen LogP) is -0.364. The summed E-state index contributed by atoms with van der Waals surface area (Å²) in [6.07, 6.45) is 0. The third kappa shape index (κ3) is 2.25. The molecule has 0 N–H and O–H groups in total. The zero-order valence-corrected chi connectivity index (χ0v) is 8.27. The number of benzene rings is 1. The highest BCUT2D eigenvalue weighted by Crippen LogP contribution is 2.27. The number of methoxy groups -OCH3 is 2. The summed E-state index contributed by atoms with van der Waals surface area (Å²) >= 11 is 0. The molecule has 0 heterocycles. The summed E-state index contributed by atoms with van der Waals surface area (Å²) in [7, 11) is 2.84. The van der Waals surface area contributed by atoms with Crippen molar-refractivity contribution in [2.75, 3.05) is 14.2 Å². The highest BCUT2D eigenvalue weighted by Gasteiger charge is 2.10. The zero-order chi connectivity index (χ0) is 11.4. The lowest BCUT2D eigenvalue weighted by Crippen LogP contribution is -2.31. The summed E-state index contributed by atoms with van der Waals surface area (Å²) in [6, 6.07) is 4.07. The standard InChI is InChI=1S/C10H10O5/c1-14-7-4-3-6(5-8(7)15-2)9(11)10(12)13/h3-5H,1-2H3,(H,12,13)/p-1. The third-order valence-electron chi connectivity index (χ3n) is 1.83. The first-order chi connectivity index (χ1) is 7.10. The number of carboxylic acid groups (broad SMARTS) is 1. The van der Waals surface area contributed by atoms with Crippen LogP contribution in [0.15, 0.2) is 18.2 Å². The van der Waals surface area contributed by atoms with Gasteiger partial charge >= 0.3 is 0 Å². The number of ketones is 1. The van der Waals surface area contributed by atoms with E-state index in [1.807, 2.05) is 0 Å². The van der Waals surface area contributed by atoms with E-state index >= 15 is 0 Å². The maximum absolute atomic E-state index is 11.1. The Balaban J connectivity index is 3.13. The molecule has 0 fully saturated rings. The first kappa shape index (κ1) is 11.0. The Labute approximate surface area is 86.2 Å². The van der Waals surface area contributed by atoms with Gasteiger partial charge in [0.05, 0.1) is 14.2 Å². The highest BCUT2D eigenvalue weighted by atomic mass is 16.5. The lowest BCUT2D eigenvalue weighted by molar-refractivity contribution is -0.296. The average molecular weight is 209 g/mol. The van der Waals surface area contributed by atoms with Crippen molar-refractivity contribution in [3.63, 3.8) is 0 Å². The van der Waals surface area contributed by atoms with Gasteiger partial charge in [-0.3, -0.25) is 4.79 Å². The van der Waals surface area contributed by atoms with Gasteiger partial charge in [0.1, 0.15) is 5.97 Å². The molecular weight excluding hydrogens is 200 g/mol. The molecule has 0 aliphatic carbocycles. The molecule has 0 saturated heterocycles. The smallest absolute Gasteiger partial charge is 0.208 e. The van der Waals surface area contributed by atoms with Crippen LogP contribution in [0, 0.1) is 0 Å². The number of hydrogen-bond donors (Lipinski definition) is 0. The summed E-state index contributed by atoms with van der Waals surface area (Å²) in [5, 5.41) is 10.3. The summed E-state index contributed by atoms with van der Waals surface area (Å²) < 4.78 is 9.85. The van der Waals surface area contributed by atoms with Crippen LogP contribution < -0.4 is 14.6 Å². The van der Waals surface area contributed by atoms with Gasteiger partial charge in [0.15, 0.2) is 11.5 Å². The van der Waals surface area contributed by atoms with Crippen molar-refractivity contribution in [1.82, 2.24) is 0 Å². The van der Waals surface area contributed by atoms with E-state index in [9.17, 15) is 14.7 Å². The van der Waals surface area contributed by atoms with Crippen LogP contribution in [-0.2, 0) is 4.79 Å². The molecule has 0 amide bonds. The van der Waals surface area contributed by atoms with Crippen molar-refractivity contribution in [3.8, 4) is 11.5 Å². The van der Waals surface area contributed by atoms with E-state index in [4.69, 9.17) is 9.47 Å². The Morgan fingerprint density at radius 2 is 1.73 bits per heavy atom. The normalized spacial score (nSPS) is 9.47. The maximum Gasteiger partial charge on any atom is 0.208 e. The second-order valence-electron chi connectivity index (χ2n) is 2.69. The van der Waals surface area contributed by atoms with Crippen molar-refractivity contribution in [2.24, 2.45) is 0 Å². The third-order valence-corrected chi connectivity index (χ3v) is 1.83. The van der Waals surface area contributed by atoms with E-state index in [1.54, 1.807) is 0 Å². The van der Waals surface area contributed by atoms with Crippen LogP contribution in [0.25, 0.3) is 0 Å². The Morgan fingerprint density at radius 1 is 1.13 bits per heavy atom. The van der Waals surface area contributed by atoms with Crippen molar-refractivity contribution in [1.29, 1.82) is 0 Å². The van der Waals surface area contributed by atoms with E-state index in [0.717, 1.165) is 0 Å². The molecule has 1 rings (SSSR count). The van der Waals surface area contributed by atoms with Crippen LogP contribution in [0.4, 0.5) is 0 Å². The van der Waals surface area contributed by atoms with Gasteiger partial charge in [-0.2, -0.15) is 0 Å². The molecule has 0 aliphatic heterocycles. The molecule has 15 heavy (non-hydrogen) atoms. The van der Waals surface area contributed by atoms with Crippen LogP contribution in [0.1, 0.15) is 10.4 Å². The summed E-state index contributed by atoms with van der Waals surface area (Å²) in [5.41, 5.74) is -0.00681. The highest BCUT2D eigenvalue weighted by molar-refractivity contribution is 6.39. The Kier molecular flexibility index (Phi) is 3.28. The molecule has 0 saturated carbocycles. The zero-order valence-electron chi connectivity index (χ0n) is 8.27. The van der Waals surface area contributed by atoms with Crippen molar-refractivity contribution < 1.29 is 24.2 Å². The Bertz CT molecular complexity index is 397. The number of rotatable bonds is 4. The molecule has 0 radical (unpaired) electrons. The second kappa shape index (κ2) is 4.45. The minimum atomic E-state index is -1.75. The SMILES string of the molecule is COc1ccc(C(=O)C(=O)[O-])cc1OC. The van der Waals surface area contributed by atoms with Crippen molar-refractivity contribution >= 4 is 11.8 Å². The summed E-state index contributed by atoms with van der Waals surface area (Å²) in [6.45, 7) is 0. The van der Waals surface area contributed by atoms with Gasteiger partial charge in [-0.05, 0) is 18.2 Å². The monoisotopic (exact) mass is 209 g/mol. The van der Waals surface area contributed by atoms with Crippen LogP contribution in [0.2, 0.25) is 0 Å². The molecule has 0 spiro atoms. The number of carboxylic acids is 1. The van der Waals surface area contributed by atoms with E-state index in [-0.39, 0.29) is 5.56 Å². The van der Waals surface area contributed by atoms with Gasteiger partial charge in [-0.1, -0.05) is 0 Å². The van der Waals surface area contributed by atoms with Gasteiger partial charge < -0.3 is 19.4 Å². The van der Waals surface area contributed by atoms with E-state index < -0.39 is 11.8 Å². The quantitative estimate of drug-likeness (QED) is 0.499. The minimum Gasteiger partial charge on any atom is -0.541 e. The molecule has 1 aromatic carbocycles. The molecule has 0 atom stereocenters. The Morgan fingerprint density at radius 3 is 2.20 bits per heavy atom. The molecule has 0 bridgehead atoms. The van der Waals surface area contributed by atoms with Crippen LogP contribution >= 0.6 is 0 Å². The van der Waals surface area contributed by atoms with Crippen LogP contribution in [-0.4, -0.2) is 26.0 Å². The second-order valence-corrected chi connectivity index (χ2v) is 2.69. The molecule has 1 aromatic rings. The summed E-state index contributed by atoms with van der Waals surface area (Å²) in [4.78, 5) is 21.4. The average Bonchev–Trinajstić information content (AvgIpc) is 2.26. The fourth-order valence-corrected chi connectivity index (χ4v) is 1.10. The fourth-order valence-electron chi connectivity index (χ4n) is 1.10. The molecule has 0 aliphatic rings. The largest absolute Gasteiger partial charge is 0.541 e. The molecule has 0 aromatic heterocycles. The van der Waals surface area contributed by atoms with Crippen LogP contribution in [0.3, 0.4) is 0 Å². The lowest BCUT2D eigenvalue weighted by atomic mass is 10.1. The molecule has 0 unspecified atom stereocenters. The molecular formula is C10H9O5-. The summed E-state index contributed by atoms with van der Waals surface area (Å²) in [5.74, 6) is -2.12. The van der Waals surface area contributed by atoms with Gasteiger partial charge in [0, 0.05) is 5.56 Å². The topological polar surface area (TPSA) is 75.7 Å². The first-order valence-corrected chi connectivity index (χ1v) is 4.08. The van der Waals surface area contributed by atoms with Gasteiger partial charge in [-0.15, -0.1) is 0 Å². The Hall–Kier alpha value is -2.04. The van der Waals surface area contributed by atoms with Crippen LogP contribution in [0.5, 0.6) is 11.5 Å². The number of ether oxygens (including phenoxy) is 2. The number of hydrogen-bond acceptors (Lipinski definition) is 5. The number of aliphatic carboxylic acids is 1.